The zero-order valence-corrected chi connectivity index (χ0v) is 17.5. The summed E-state index contributed by atoms with van der Waals surface area (Å²) in [5, 5.41) is 0. The molecular weight excluding hydrogens is 348 g/mol. The number of amides is 1. The van der Waals surface area contributed by atoms with Crippen molar-refractivity contribution in [3.63, 3.8) is 0 Å². The molecule has 1 heterocycles. The molecule has 0 bridgehead atoms. The molecule has 3 rings (SSSR count). The van der Waals surface area contributed by atoms with E-state index in [2.05, 4.69) is 66.4 Å². The molecule has 0 aliphatic carbocycles. The van der Waals surface area contributed by atoms with Gasteiger partial charge in [0.05, 0.1) is 0 Å². The average molecular weight is 381 g/mol. The fourth-order valence-corrected chi connectivity index (χ4v) is 3.80. The normalized spacial score (nSPS) is 18.3. The molecule has 1 fully saturated rings. The van der Waals surface area contributed by atoms with E-state index < -0.39 is 5.60 Å². The number of hydrogen-bond donors (Lipinski definition) is 0. The second-order valence-electron chi connectivity index (χ2n) is 8.61. The molecule has 150 valence electrons. The van der Waals surface area contributed by atoms with Crippen LogP contribution in [0.25, 0.3) is 0 Å². The van der Waals surface area contributed by atoms with Crippen molar-refractivity contribution >= 4 is 6.09 Å². The van der Waals surface area contributed by atoms with Gasteiger partial charge in [0.2, 0.25) is 0 Å². The fourth-order valence-electron chi connectivity index (χ4n) is 3.80. The Balaban J connectivity index is 1.76. The molecule has 0 radical (unpaired) electrons. The van der Waals surface area contributed by atoms with Crippen molar-refractivity contribution in [2.75, 3.05) is 13.1 Å². The predicted molar refractivity (Wildman–Crippen MR) is 113 cm³/mol. The number of benzene rings is 2. The van der Waals surface area contributed by atoms with Gasteiger partial charge in [-0.15, -0.1) is 0 Å². The minimum atomic E-state index is -0.462. The summed E-state index contributed by atoms with van der Waals surface area (Å²) in [7, 11) is 0. The molecule has 2 aromatic carbocycles. The Labute approximate surface area is 169 Å². The molecule has 0 saturated carbocycles. The third-order valence-electron chi connectivity index (χ3n) is 5.27. The van der Waals surface area contributed by atoms with Gasteiger partial charge < -0.3 is 9.64 Å². The molecule has 2 aromatic rings. The van der Waals surface area contributed by atoms with Crippen LogP contribution in [0.1, 0.15) is 51.3 Å². The zero-order valence-electron chi connectivity index (χ0n) is 17.5. The van der Waals surface area contributed by atoms with E-state index in [4.69, 9.17) is 4.74 Å². The molecule has 0 N–H and O–H groups in total. The van der Waals surface area contributed by atoms with Gasteiger partial charge >= 0.3 is 6.09 Å². The van der Waals surface area contributed by atoms with E-state index in [0.29, 0.717) is 12.6 Å². The van der Waals surface area contributed by atoms with Crippen LogP contribution in [0.2, 0.25) is 0 Å². The Kier molecular flexibility index (Phi) is 6.40. The third-order valence-corrected chi connectivity index (χ3v) is 5.27. The smallest absolute Gasteiger partial charge is 0.410 e. The molecule has 0 aromatic heterocycles. The molecular formula is C24H32N2O2. The highest BCUT2D eigenvalue weighted by Gasteiger charge is 2.34. The van der Waals surface area contributed by atoms with E-state index in [-0.39, 0.29) is 12.1 Å². The van der Waals surface area contributed by atoms with Crippen molar-refractivity contribution in [1.82, 2.24) is 9.80 Å². The molecule has 1 amide bonds. The van der Waals surface area contributed by atoms with Gasteiger partial charge in [-0.25, -0.2) is 4.79 Å². The van der Waals surface area contributed by atoms with Crippen molar-refractivity contribution in [1.29, 1.82) is 0 Å². The summed E-state index contributed by atoms with van der Waals surface area (Å²) in [6.45, 7) is 10.3. The lowest BCUT2D eigenvalue weighted by atomic mass is 10.0. The Hall–Kier alpha value is -2.33. The maximum absolute atomic E-state index is 12.5. The van der Waals surface area contributed by atoms with Crippen molar-refractivity contribution < 1.29 is 9.53 Å². The maximum atomic E-state index is 12.5. The van der Waals surface area contributed by atoms with Gasteiger partial charge in [-0.2, -0.15) is 0 Å². The first-order valence-corrected chi connectivity index (χ1v) is 10.2. The van der Waals surface area contributed by atoms with Crippen LogP contribution in [0.5, 0.6) is 0 Å². The van der Waals surface area contributed by atoms with E-state index in [1.165, 1.54) is 11.1 Å². The first-order valence-electron chi connectivity index (χ1n) is 10.2. The Morgan fingerprint density at radius 2 is 1.71 bits per heavy atom. The SMILES string of the molecule is C[C@@H](c1ccccc1)N(Cc1ccccc1)[C@@H]1CCN(C(=O)OC(C)(C)C)C1. The summed E-state index contributed by atoms with van der Waals surface area (Å²) in [4.78, 5) is 16.9. The third kappa shape index (κ3) is 5.35. The molecule has 2 atom stereocenters. The molecule has 1 saturated heterocycles. The summed E-state index contributed by atoms with van der Waals surface area (Å²) in [6, 6.07) is 21.7. The number of likely N-dealkylation sites (tertiary alicyclic amines) is 1. The van der Waals surface area contributed by atoms with Gasteiger partial charge in [-0.1, -0.05) is 60.7 Å². The number of rotatable bonds is 5. The van der Waals surface area contributed by atoms with Gasteiger partial charge in [-0.3, -0.25) is 4.90 Å². The Morgan fingerprint density at radius 3 is 2.32 bits per heavy atom. The van der Waals surface area contributed by atoms with Crippen molar-refractivity contribution in [3.05, 3.63) is 71.8 Å². The molecule has 4 nitrogen and oxygen atoms in total. The molecule has 4 heteroatoms. The van der Waals surface area contributed by atoms with Gasteiger partial charge in [0.15, 0.2) is 0 Å². The highest BCUT2D eigenvalue weighted by atomic mass is 16.6. The van der Waals surface area contributed by atoms with Crippen LogP contribution < -0.4 is 0 Å². The van der Waals surface area contributed by atoms with E-state index in [0.717, 1.165) is 19.5 Å². The number of carbonyl (C=O) groups is 1. The second-order valence-corrected chi connectivity index (χ2v) is 8.61. The molecule has 0 unspecified atom stereocenters. The Morgan fingerprint density at radius 1 is 1.11 bits per heavy atom. The van der Waals surface area contributed by atoms with Gasteiger partial charge in [0.25, 0.3) is 0 Å². The first kappa shape index (κ1) is 20.4. The van der Waals surface area contributed by atoms with Crippen LogP contribution in [-0.2, 0) is 11.3 Å². The zero-order chi connectivity index (χ0) is 20.1. The fraction of sp³-hybridized carbons (Fsp3) is 0.458. The van der Waals surface area contributed by atoms with Crippen LogP contribution in [0.15, 0.2) is 60.7 Å². The van der Waals surface area contributed by atoms with Gasteiger partial charge in [0.1, 0.15) is 5.60 Å². The van der Waals surface area contributed by atoms with Crippen molar-refractivity contribution in [3.8, 4) is 0 Å². The minimum absolute atomic E-state index is 0.206. The standard InChI is InChI=1S/C24H32N2O2/c1-19(21-13-9-6-10-14-21)26(17-20-11-7-5-8-12-20)22-15-16-25(18-22)23(27)28-24(2,3)4/h5-14,19,22H,15-18H2,1-4H3/t19-,22+/m0/s1. The van der Waals surface area contributed by atoms with Crippen LogP contribution >= 0.6 is 0 Å². The minimum Gasteiger partial charge on any atom is -0.444 e. The van der Waals surface area contributed by atoms with Crippen LogP contribution in [0, 0.1) is 0 Å². The summed E-state index contributed by atoms with van der Waals surface area (Å²) in [5.74, 6) is 0. The van der Waals surface area contributed by atoms with E-state index in [1.807, 2.05) is 31.7 Å². The van der Waals surface area contributed by atoms with E-state index in [9.17, 15) is 4.79 Å². The number of ether oxygens (including phenoxy) is 1. The summed E-state index contributed by atoms with van der Waals surface area (Å²) in [6.07, 6.45) is 0.755. The van der Waals surface area contributed by atoms with Gasteiger partial charge in [-0.05, 0) is 45.2 Å². The highest BCUT2D eigenvalue weighted by Crippen LogP contribution is 2.29. The molecule has 1 aliphatic heterocycles. The summed E-state index contributed by atoms with van der Waals surface area (Å²) < 4.78 is 5.58. The number of nitrogens with zero attached hydrogens (tertiary/aromatic N) is 2. The number of carbonyl (C=O) groups excluding carboxylic acids is 1. The lowest BCUT2D eigenvalue weighted by Gasteiger charge is -2.35. The highest BCUT2D eigenvalue weighted by molar-refractivity contribution is 5.68. The van der Waals surface area contributed by atoms with Crippen LogP contribution in [-0.4, -0.2) is 40.6 Å². The van der Waals surface area contributed by atoms with E-state index in [1.54, 1.807) is 0 Å². The summed E-state index contributed by atoms with van der Waals surface area (Å²) >= 11 is 0. The monoisotopic (exact) mass is 380 g/mol. The largest absolute Gasteiger partial charge is 0.444 e. The number of hydrogen-bond acceptors (Lipinski definition) is 3. The lowest BCUT2D eigenvalue weighted by Crippen LogP contribution is -2.41. The van der Waals surface area contributed by atoms with Crippen LogP contribution in [0.4, 0.5) is 4.79 Å². The van der Waals surface area contributed by atoms with Crippen molar-refractivity contribution in [2.24, 2.45) is 0 Å². The second kappa shape index (κ2) is 8.78. The average Bonchev–Trinajstić information content (AvgIpc) is 3.16. The van der Waals surface area contributed by atoms with Crippen LogP contribution in [0.3, 0.4) is 0 Å². The molecule has 28 heavy (non-hydrogen) atoms. The maximum Gasteiger partial charge on any atom is 0.410 e. The van der Waals surface area contributed by atoms with E-state index >= 15 is 0 Å². The predicted octanol–water partition coefficient (Wildman–Crippen LogP) is 5.26. The Bertz CT molecular complexity index is 755. The topological polar surface area (TPSA) is 32.8 Å². The van der Waals surface area contributed by atoms with Crippen molar-refractivity contribution in [2.45, 2.75) is 58.3 Å². The molecule has 0 spiro atoms. The lowest BCUT2D eigenvalue weighted by molar-refractivity contribution is 0.0271. The quantitative estimate of drug-likeness (QED) is 0.709. The first-order chi connectivity index (χ1) is 13.3. The van der Waals surface area contributed by atoms with Gasteiger partial charge in [0, 0.05) is 31.7 Å². The summed E-state index contributed by atoms with van der Waals surface area (Å²) in [5.41, 5.74) is 2.13. The molecule has 1 aliphatic rings.